The fraction of sp³-hybridized carbons (Fsp3) is 0.190. The molecule has 0 aliphatic heterocycles. The number of ether oxygens (including phenoxy) is 3. The Bertz CT molecular complexity index is 918. The maximum Gasteiger partial charge on any atom is 0.341 e. The van der Waals surface area contributed by atoms with Crippen LogP contribution < -0.4 is 9.47 Å². The Hall–Kier alpha value is -2.86. The molecule has 0 aliphatic carbocycles. The molecule has 0 aliphatic rings. The average Bonchev–Trinajstić information content (AvgIpc) is 3.25. The summed E-state index contributed by atoms with van der Waals surface area (Å²) >= 11 is 1.61. The van der Waals surface area contributed by atoms with Crippen molar-refractivity contribution in [3.8, 4) is 22.6 Å². The molecule has 0 saturated carbocycles. The van der Waals surface area contributed by atoms with E-state index in [0.29, 0.717) is 17.1 Å². The third kappa shape index (κ3) is 4.11. The number of hydrogen-bond donors (Lipinski definition) is 0. The van der Waals surface area contributed by atoms with Gasteiger partial charge in [0.25, 0.3) is 0 Å². The van der Waals surface area contributed by atoms with Crippen LogP contribution in [0, 0.1) is 0 Å². The Balaban J connectivity index is 1.97. The number of benzene rings is 2. The van der Waals surface area contributed by atoms with E-state index in [4.69, 9.17) is 18.6 Å². The summed E-state index contributed by atoms with van der Waals surface area (Å²) in [5.41, 5.74) is 2.87. The van der Waals surface area contributed by atoms with E-state index in [1.165, 1.54) is 7.11 Å². The van der Waals surface area contributed by atoms with Gasteiger partial charge in [-0.25, -0.2) is 4.79 Å². The second-order valence-electron chi connectivity index (χ2n) is 5.65. The Morgan fingerprint density at radius 1 is 1.07 bits per heavy atom. The number of carbonyl (C=O) groups is 1. The maximum atomic E-state index is 12.5. The molecule has 0 amide bonds. The number of rotatable bonds is 7. The van der Waals surface area contributed by atoms with Gasteiger partial charge in [-0.2, -0.15) is 0 Å². The van der Waals surface area contributed by atoms with E-state index in [2.05, 4.69) is 0 Å². The van der Waals surface area contributed by atoms with Crippen molar-refractivity contribution in [3.05, 3.63) is 66.1 Å². The van der Waals surface area contributed by atoms with E-state index in [-0.39, 0.29) is 0 Å². The van der Waals surface area contributed by atoms with Gasteiger partial charge in [-0.15, -0.1) is 11.8 Å². The fourth-order valence-electron chi connectivity index (χ4n) is 2.78. The van der Waals surface area contributed by atoms with Crippen molar-refractivity contribution in [3.63, 3.8) is 0 Å². The lowest BCUT2D eigenvalue weighted by Crippen LogP contribution is -2.09. The van der Waals surface area contributed by atoms with Gasteiger partial charge in [-0.05, 0) is 29.8 Å². The first-order chi connectivity index (χ1) is 13.2. The summed E-state index contributed by atoms with van der Waals surface area (Å²) in [5.74, 6) is 1.42. The monoisotopic (exact) mass is 384 g/mol. The molecule has 140 valence electrons. The molecule has 0 N–H and O–H groups in total. The summed E-state index contributed by atoms with van der Waals surface area (Å²) in [7, 11) is 4.55. The molecule has 6 heteroatoms. The highest BCUT2D eigenvalue weighted by molar-refractivity contribution is 7.98. The van der Waals surface area contributed by atoms with E-state index in [9.17, 15) is 4.79 Å². The van der Waals surface area contributed by atoms with Crippen LogP contribution in [0.2, 0.25) is 0 Å². The molecule has 5 nitrogen and oxygen atoms in total. The van der Waals surface area contributed by atoms with E-state index in [1.54, 1.807) is 38.5 Å². The molecular weight excluding hydrogens is 364 g/mol. The van der Waals surface area contributed by atoms with Crippen LogP contribution in [-0.4, -0.2) is 27.3 Å². The number of thioether (sulfide) groups is 1. The first-order valence-electron chi connectivity index (χ1n) is 8.25. The third-order valence-corrected chi connectivity index (χ3v) is 5.15. The van der Waals surface area contributed by atoms with Gasteiger partial charge in [-0.1, -0.05) is 18.2 Å². The number of carbonyl (C=O) groups excluding carboxylic acids is 1. The Labute approximate surface area is 162 Å². The van der Waals surface area contributed by atoms with Crippen LogP contribution in [0.25, 0.3) is 11.1 Å². The molecule has 1 aromatic heterocycles. The van der Waals surface area contributed by atoms with Crippen LogP contribution in [0.15, 0.2) is 64.3 Å². The predicted octanol–water partition coefficient (Wildman–Crippen LogP) is 5.04. The predicted molar refractivity (Wildman–Crippen MR) is 105 cm³/mol. The molecule has 0 spiro atoms. The summed E-state index contributed by atoms with van der Waals surface area (Å²) in [6.45, 7) is 0. The van der Waals surface area contributed by atoms with Crippen molar-refractivity contribution in [1.82, 2.24) is 0 Å². The molecule has 0 radical (unpaired) electrons. The Morgan fingerprint density at radius 2 is 1.93 bits per heavy atom. The normalized spacial score (nSPS) is 10.5. The summed E-state index contributed by atoms with van der Waals surface area (Å²) in [4.78, 5) is 13.5. The lowest BCUT2D eigenvalue weighted by molar-refractivity contribution is 0.0596. The molecule has 0 atom stereocenters. The maximum absolute atomic E-state index is 12.5. The van der Waals surface area contributed by atoms with E-state index < -0.39 is 5.97 Å². The third-order valence-electron chi connectivity index (χ3n) is 4.11. The highest BCUT2D eigenvalue weighted by atomic mass is 32.2. The van der Waals surface area contributed by atoms with Crippen LogP contribution >= 0.6 is 11.8 Å². The van der Waals surface area contributed by atoms with Gasteiger partial charge in [0.2, 0.25) is 0 Å². The van der Waals surface area contributed by atoms with Gasteiger partial charge in [0, 0.05) is 21.8 Å². The van der Waals surface area contributed by atoms with E-state index in [0.717, 1.165) is 27.3 Å². The van der Waals surface area contributed by atoms with Gasteiger partial charge in [-0.3, -0.25) is 0 Å². The van der Waals surface area contributed by atoms with Gasteiger partial charge in [0.05, 0.1) is 33.9 Å². The molecule has 3 aromatic rings. The summed E-state index contributed by atoms with van der Waals surface area (Å²) in [6, 6.07) is 13.5. The zero-order valence-corrected chi connectivity index (χ0v) is 16.2. The highest BCUT2D eigenvalue weighted by Crippen LogP contribution is 2.38. The Morgan fingerprint density at radius 3 is 2.59 bits per heavy atom. The van der Waals surface area contributed by atoms with Crippen molar-refractivity contribution in [1.29, 1.82) is 0 Å². The van der Waals surface area contributed by atoms with Gasteiger partial charge < -0.3 is 18.6 Å². The summed E-state index contributed by atoms with van der Waals surface area (Å²) in [6.07, 6.45) is 3.20. The van der Waals surface area contributed by atoms with E-state index in [1.807, 2.05) is 42.5 Å². The quantitative estimate of drug-likeness (QED) is 0.420. The topological polar surface area (TPSA) is 57.9 Å². The van der Waals surface area contributed by atoms with Crippen molar-refractivity contribution < 1.29 is 23.4 Å². The number of methoxy groups -OCH3 is 3. The minimum Gasteiger partial charge on any atom is -0.497 e. The van der Waals surface area contributed by atoms with Gasteiger partial charge >= 0.3 is 5.97 Å². The molecule has 0 unspecified atom stereocenters. The molecule has 1 heterocycles. The molecule has 0 saturated heterocycles. The standard InChI is InChI=1S/C21H20O5S/c1-23-16-5-4-6-17(11-16)27-13-15-7-8-18(14-9-10-26-12-14)20(24-2)19(15)21(22)25-3/h4-12H,13H2,1-3H3. The van der Waals surface area contributed by atoms with Crippen molar-refractivity contribution >= 4 is 17.7 Å². The van der Waals surface area contributed by atoms with Crippen molar-refractivity contribution in [2.45, 2.75) is 10.6 Å². The first-order valence-corrected chi connectivity index (χ1v) is 9.24. The largest absolute Gasteiger partial charge is 0.497 e. The van der Waals surface area contributed by atoms with Crippen LogP contribution in [0.3, 0.4) is 0 Å². The summed E-state index contributed by atoms with van der Waals surface area (Å²) in [5, 5.41) is 0. The van der Waals surface area contributed by atoms with Crippen molar-refractivity contribution in [2.24, 2.45) is 0 Å². The zero-order chi connectivity index (χ0) is 19.2. The average molecular weight is 384 g/mol. The van der Waals surface area contributed by atoms with Crippen LogP contribution in [0.5, 0.6) is 11.5 Å². The van der Waals surface area contributed by atoms with Crippen molar-refractivity contribution in [2.75, 3.05) is 21.3 Å². The molecular formula is C21H20O5S. The van der Waals surface area contributed by atoms with Crippen LogP contribution in [0.4, 0.5) is 0 Å². The summed E-state index contributed by atoms with van der Waals surface area (Å²) < 4.78 is 21.0. The van der Waals surface area contributed by atoms with Crippen LogP contribution in [-0.2, 0) is 10.5 Å². The second-order valence-corrected chi connectivity index (χ2v) is 6.70. The minimum absolute atomic E-state index is 0.425. The Kier molecular flexibility index (Phi) is 6.08. The number of esters is 1. The smallest absolute Gasteiger partial charge is 0.341 e. The molecule has 3 rings (SSSR count). The van der Waals surface area contributed by atoms with Gasteiger partial charge in [0.1, 0.15) is 17.1 Å². The number of hydrogen-bond acceptors (Lipinski definition) is 6. The van der Waals surface area contributed by atoms with Crippen LogP contribution in [0.1, 0.15) is 15.9 Å². The fourth-order valence-corrected chi connectivity index (χ4v) is 3.72. The minimum atomic E-state index is -0.432. The first kappa shape index (κ1) is 18.9. The molecule has 0 fully saturated rings. The SMILES string of the molecule is COC(=O)c1c(CSc2cccc(OC)c2)ccc(-c2ccoc2)c1OC. The highest BCUT2D eigenvalue weighted by Gasteiger charge is 2.22. The molecule has 0 bridgehead atoms. The second kappa shape index (κ2) is 8.68. The number of furan rings is 1. The van der Waals surface area contributed by atoms with E-state index >= 15 is 0 Å². The lowest BCUT2D eigenvalue weighted by Gasteiger charge is -2.16. The molecule has 2 aromatic carbocycles. The van der Waals surface area contributed by atoms with Gasteiger partial charge in [0.15, 0.2) is 0 Å². The zero-order valence-electron chi connectivity index (χ0n) is 15.4. The lowest BCUT2D eigenvalue weighted by atomic mass is 9.99. The molecule has 27 heavy (non-hydrogen) atoms.